The predicted molar refractivity (Wildman–Crippen MR) is 111 cm³/mol. The Morgan fingerprint density at radius 3 is 2.62 bits per heavy atom. The van der Waals surface area contributed by atoms with Crippen LogP contribution in [0.15, 0.2) is 42.2 Å². The Labute approximate surface area is 172 Å². The topological polar surface area (TPSA) is 85.6 Å². The number of phenolic OH excluding ortho intramolecular Hbond substituents is 1. The number of carbonyl (C=O) groups is 1. The molecule has 1 aromatic rings. The van der Waals surface area contributed by atoms with Crippen LogP contribution in [0.25, 0.3) is 0 Å². The number of benzene rings is 1. The number of rotatable bonds is 4. The van der Waals surface area contributed by atoms with Gasteiger partial charge in [-0.1, -0.05) is 32.9 Å². The molecular formula is C23H29N3O3. The lowest BCUT2D eigenvalue weighted by Crippen LogP contribution is -2.49. The fraction of sp³-hybridized carbons (Fsp3) is 0.478. The van der Waals surface area contributed by atoms with Gasteiger partial charge in [0, 0.05) is 44.5 Å². The third-order valence-electron chi connectivity index (χ3n) is 5.54. The number of allylic oxidation sites excluding steroid dienone is 1. The number of carbonyl (C=O) groups excluding carboxylic acids is 1. The van der Waals surface area contributed by atoms with Crippen LogP contribution >= 0.6 is 0 Å². The van der Waals surface area contributed by atoms with E-state index in [1.165, 1.54) is 0 Å². The molecule has 6 heteroatoms. The Morgan fingerprint density at radius 2 is 2.07 bits per heavy atom. The summed E-state index contributed by atoms with van der Waals surface area (Å²) >= 11 is 0. The molecule has 0 unspecified atom stereocenters. The van der Waals surface area contributed by atoms with Gasteiger partial charge in [-0.25, -0.2) is 0 Å². The molecule has 2 aliphatic rings. The maximum atomic E-state index is 12.4. The molecule has 2 N–H and O–H groups in total. The number of nitrogens with one attached hydrogen (secondary N) is 1. The van der Waals surface area contributed by atoms with E-state index < -0.39 is 5.54 Å². The molecule has 6 nitrogen and oxygen atoms in total. The van der Waals surface area contributed by atoms with E-state index in [-0.39, 0.29) is 23.5 Å². The van der Waals surface area contributed by atoms with Gasteiger partial charge in [0.15, 0.2) is 0 Å². The molecule has 1 aromatic carbocycles. The van der Waals surface area contributed by atoms with E-state index in [4.69, 9.17) is 4.74 Å². The number of phenols is 1. The molecule has 0 atom stereocenters. The van der Waals surface area contributed by atoms with Gasteiger partial charge in [-0.15, -0.1) is 0 Å². The fourth-order valence-electron chi connectivity index (χ4n) is 3.79. The molecule has 3 rings (SSSR count). The smallest absolute Gasteiger partial charge is 0.228 e. The van der Waals surface area contributed by atoms with Crippen molar-refractivity contribution in [3.63, 3.8) is 0 Å². The number of aromatic hydroxyl groups is 1. The highest BCUT2D eigenvalue weighted by atomic mass is 16.5. The maximum Gasteiger partial charge on any atom is 0.228 e. The molecule has 0 radical (unpaired) electrons. The highest BCUT2D eigenvalue weighted by Gasteiger charge is 2.37. The van der Waals surface area contributed by atoms with E-state index >= 15 is 0 Å². The van der Waals surface area contributed by atoms with Crippen LogP contribution in [-0.4, -0.2) is 41.2 Å². The number of nitrogens with zero attached hydrogens (tertiary/aromatic N) is 2. The van der Waals surface area contributed by atoms with E-state index in [0.29, 0.717) is 32.6 Å². The van der Waals surface area contributed by atoms with Crippen LogP contribution in [0.2, 0.25) is 0 Å². The van der Waals surface area contributed by atoms with Crippen LogP contribution in [0.4, 0.5) is 0 Å². The molecule has 154 valence electrons. The molecule has 0 aliphatic carbocycles. The van der Waals surface area contributed by atoms with Crippen LogP contribution in [0.3, 0.4) is 0 Å². The number of hydrogen-bond donors (Lipinski definition) is 2. The first-order valence-corrected chi connectivity index (χ1v) is 10.00. The molecule has 0 bridgehead atoms. The van der Waals surface area contributed by atoms with E-state index in [2.05, 4.69) is 11.4 Å². The average molecular weight is 396 g/mol. The number of amides is 1. The second-order valence-corrected chi connectivity index (χ2v) is 8.71. The van der Waals surface area contributed by atoms with Crippen molar-refractivity contribution < 1.29 is 14.6 Å². The minimum absolute atomic E-state index is 0.140. The van der Waals surface area contributed by atoms with Gasteiger partial charge < -0.3 is 20.1 Å². The molecule has 2 heterocycles. The lowest BCUT2D eigenvalue weighted by atomic mass is 9.85. The molecule has 29 heavy (non-hydrogen) atoms. The summed E-state index contributed by atoms with van der Waals surface area (Å²) in [5.74, 6) is 0.0757. The predicted octanol–water partition coefficient (Wildman–Crippen LogP) is 3.13. The summed E-state index contributed by atoms with van der Waals surface area (Å²) < 4.78 is 5.39. The van der Waals surface area contributed by atoms with Crippen LogP contribution in [0.1, 0.15) is 44.7 Å². The highest BCUT2D eigenvalue weighted by molar-refractivity contribution is 5.81. The SMILES string of the molecule is CC(C)(C)c1ccc(CC(=O)NC2=CCN(C3(C#N)CCOCC3)C=C2)cc1O. The van der Waals surface area contributed by atoms with E-state index in [9.17, 15) is 15.2 Å². The first kappa shape index (κ1) is 20.9. The summed E-state index contributed by atoms with van der Waals surface area (Å²) in [5.41, 5.74) is 1.66. The highest BCUT2D eigenvalue weighted by Crippen LogP contribution is 2.31. The molecular weight excluding hydrogens is 366 g/mol. The lowest BCUT2D eigenvalue weighted by molar-refractivity contribution is -0.119. The maximum absolute atomic E-state index is 12.4. The van der Waals surface area contributed by atoms with Gasteiger partial charge in [0.05, 0.1) is 12.5 Å². The van der Waals surface area contributed by atoms with Crippen LogP contribution in [0.5, 0.6) is 5.75 Å². The first-order chi connectivity index (χ1) is 13.7. The summed E-state index contributed by atoms with van der Waals surface area (Å²) in [6.45, 7) is 7.86. The molecule has 1 fully saturated rings. The number of nitriles is 1. The summed E-state index contributed by atoms with van der Waals surface area (Å²) in [5, 5.41) is 22.8. The number of ether oxygens (including phenoxy) is 1. The summed E-state index contributed by atoms with van der Waals surface area (Å²) in [6, 6.07) is 7.87. The van der Waals surface area contributed by atoms with Crippen molar-refractivity contribution in [1.82, 2.24) is 10.2 Å². The Hall–Kier alpha value is -2.78. The van der Waals surface area contributed by atoms with E-state index in [1.54, 1.807) is 6.07 Å². The zero-order valence-electron chi connectivity index (χ0n) is 17.4. The minimum atomic E-state index is -0.535. The van der Waals surface area contributed by atoms with Gasteiger partial charge in [0.1, 0.15) is 11.3 Å². The quantitative estimate of drug-likeness (QED) is 0.818. The zero-order valence-corrected chi connectivity index (χ0v) is 17.4. The molecule has 2 aliphatic heterocycles. The van der Waals surface area contributed by atoms with Crippen molar-refractivity contribution in [3.05, 3.63) is 53.4 Å². The van der Waals surface area contributed by atoms with Gasteiger partial charge >= 0.3 is 0 Å². The normalized spacial score (nSPS) is 18.7. The second-order valence-electron chi connectivity index (χ2n) is 8.71. The van der Waals surface area contributed by atoms with Crippen molar-refractivity contribution in [2.75, 3.05) is 19.8 Å². The largest absolute Gasteiger partial charge is 0.508 e. The zero-order chi connectivity index (χ0) is 21.1. The van der Waals surface area contributed by atoms with Crippen LogP contribution in [-0.2, 0) is 21.4 Å². The van der Waals surface area contributed by atoms with Crippen molar-refractivity contribution in [2.24, 2.45) is 0 Å². The van der Waals surface area contributed by atoms with Crippen LogP contribution in [0, 0.1) is 11.3 Å². The first-order valence-electron chi connectivity index (χ1n) is 10.00. The molecule has 0 spiro atoms. The van der Waals surface area contributed by atoms with Crippen molar-refractivity contribution in [2.45, 2.75) is 51.0 Å². The van der Waals surface area contributed by atoms with Gasteiger partial charge in [-0.2, -0.15) is 5.26 Å². The van der Waals surface area contributed by atoms with Gasteiger partial charge in [-0.05, 0) is 34.8 Å². The van der Waals surface area contributed by atoms with Crippen molar-refractivity contribution >= 4 is 5.91 Å². The minimum Gasteiger partial charge on any atom is -0.508 e. The van der Waals surface area contributed by atoms with Crippen LogP contribution < -0.4 is 5.32 Å². The Balaban J connectivity index is 1.58. The Kier molecular flexibility index (Phi) is 5.99. The average Bonchev–Trinajstić information content (AvgIpc) is 2.68. The van der Waals surface area contributed by atoms with Gasteiger partial charge in [0.25, 0.3) is 0 Å². The summed E-state index contributed by atoms with van der Waals surface area (Å²) in [6.07, 6.45) is 7.18. The molecule has 1 amide bonds. The van der Waals surface area contributed by atoms with E-state index in [0.717, 1.165) is 16.8 Å². The molecule has 1 saturated heterocycles. The standard InChI is InChI=1S/C23H29N3O3/c1-22(2,3)19-5-4-17(14-20(19)27)15-21(28)25-18-6-10-26(11-7-18)23(16-24)8-12-29-13-9-23/h4-7,10,14,27H,8-9,11-13,15H2,1-3H3,(H,25,28). The Bertz CT molecular complexity index is 868. The molecule has 0 aromatic heterocycles. The van der Waals surface area contributed by atoms with Gasteiger partial charge in [-0.3, -0.25) is 4.79 Å². The second kappa shape index (κ2) is 8.30. The summed E-state index contributed by atoms with van der Waals surface area (Å²) in [4.78, 5) is 14.4. The molecule has 0 saturated carbocycles. The Morgan fingerprint density at radius 1 is 1.34 bits per heavy atom. The third-order valence-corrected chi connectivity index (χ3v) is 5.54. The van der Waals surface area contributed by atoms with Crippen molar-refractivity contribution in [1.29, 1.82) is 5.26 Å². The van der Waals surface area contributed by atoms with Crippen molar-refractivity contribution in [3.8, 4) is 11.8 Å². The summed E-state index contributed by atoms with van der Waals surface area (Å²) in [7, 11) is 0. The van der Waals surface area contributed by atoms with Gasteiger partial charge in [0.2, 0.25) is 5.91 Å². The fourth-order valence-corrected chi connectivity index (χ4v) is 3.79. The number of hydrogen-bond acceptors (Lipinski definition) is 5. The third kappa shape index (κ3) is 4.80. The van der Waals surface area contributed by atoms with E-state index in [1.807, 2.05) is 56.2 Å². The lowest BCUT2D eigenvalue weighted by Gasteiger charge is -2.41. The monoisotopic (exact) mass is 395 g/mol.